The highest BCUT2D eigenvalue weighted by Crippen LogP contribution is 2.33. The molecule has 1 aromatic carbocycles. The van der Waals surface area contributed by atoms with E-state index in [9.17, 15) is 4.79 Å². The second kappa shape index (κ2) is 8.85. The van der Waals surface area contributed by atoms with E-state index >= 15 is 0 Å². The largest absolute Gasteiger partial charge is 0.489 e. The Hall–Kier alpha value is -2.62. The van der Waals surface area contributed by atoms with Crippen LogP contribution in [-0.4, -0.2) is 22.7 Å². The number of aryl methyl sites for hydroxylation is 3. The number of pyridine rings is 1. The molecule has 0 fully saturated rings. The Balaban J connectivity index is 1.72. The van der Waals surface area contributed by atoms with Crippen molar-refractivity contribution in [2.24, 2.45) is 0 Å². The lowest BCUT2D eigenvalue weighted by Crippen LogP contribution is -2.09. The molecule has 0 radical (unpaired) electrons. The quantitative estimate of drug-likeness (QED) is 0.739. The molecular formula is C23H27NO3. The van der Waals surface area contributed by atoms with E-state index in [-0.39, 0.29) is 6.42 Å². The zero-order valence-corrected chi connectivity index (χ0v) is 16.1. The minimum Gasteiger partial charge on any atom is -0.489 e. The molecule has 0 saturated heterocycles. The number of carboxylic acid groups (broad SMARTS) is 1. The summed E-state index contributed by atoms with van der Waals surface area (Å²) in [7, 11) is 0. The second-order valence-electron chi connectivity index (χ2n) is 7.26. The normalized spacial score (nSPS) is 14.3. The van der Waals surface area contributed by atoms with Crippen molar-refractivity contribution >= 4 is 11.5 Å². The molecule has 0 saturated carbocycles. The van der Waals surface area contributed by atoms with Gasteiger partial charge >= 0.3 is 5.97 Å². The standard InChI is InChI=1S/C23H27NO3/c1-16-13-18(9-12-23(25)26)8-11-22(16)27-15-20-5-3-4-6-21(20)19-10-7-17(2)24-14-19/h7-8,10-11,13-14H,3-6,9,12,15H2,1-2H3,(H,25,26). The van der Waals surface area contributed by atoms with Gasteiger partial charge in [-0.05, 0) is 85.9 Å². The van der Waals surface area contributed by atoms with Gasteiger partial charge in [0, 0.05) is 18.3 Å². The number of rotatable bonds is 7. The maximum atomic E-state index is 10.7. The third kappa shape index (κ3) is 5.19. The maximum absolute atomic E-state index is 10.7. The molecule has 1 aromatic heterocycles. The van der Waals surface area contributed by atoms with Gasteiger partial charge in [-0.3, -0.25) is 9.78 Å². The lowest BCUT2D eigenvalue weighted by molar-refractivity contribution is -0.136. The van der Waals surface area contributed by atoms with Crippen LogP contribution in [0.4, 0.5) is 0 Å². The van der Waals surface area contributed by atoms with Gasteiger partial charge in [0.15, 0.2) is 0 Å². The number of hydrogen-bond donors (Lipinski definition) is 1. The molecule has 0 unspecified atom stereocenters. The number of nitrogens with zero attached hydrogens (tertiary/aromatic N) is 1. The summed E-state index contributed by atoms with van der Waals surface area (Å²) in [5.41, 5.74) is 7.07. The average molecular weight is 365 g/mol. The number of carboxylic acids is 1. The third-order valence-electron chi connectivity index (χ3n) is 5.11. The molecule has 0 spiro atoms. The Morgan fingerprint density at radius 2 is 1.96 bits per heavy atom. The highest BCUT2D eigenvalue weighted by Gasteiger charge is 2.16. The van der Waals surface area contributed by atoms with E-state index in [1.807, 2.05) is 38.2 Å². The van der Waals surface area contributed by atoms with E-state index in [2.05, 4.69) is 17.1 Å². The fourth-order valence-electron chi connectivity index (χ4n) is 3.57. The van der Waals surface area contributed by atoms with E-state index < -0.39 is 5.97 Å². The molecule has 1 aliphatic carbocycles. The monoisotopic (exact) mass is 365 g/mol. The molecule has 1 N–H and O–H groups in total. The van der Waals surface area contributed by atoms with Crippen LogP contribution in [-0.2, 0) is 11.2 Å². The minimum absolute atomic E-state index is 0.153. The molecule has 0 bridgehead atoms. The molecule has 2 aromatic rings. The van der Waals surface area contributed by atoms with Crippen LogP contribution in [0.25, 0.3) is 5.57 Å². The average Bonchev–Trinajstić information content (AvgIpc) is 2.66. The van der Waals surface area contributed by atoms with Crippen molar-refractivity contribution in [1.29, 1.82) is 0 Å². The highest BCUT2D eigenvalue weighted by molar-refractivity contribution is 5.69. The lowest BCUT2D eigenvalue weighted by Gasteiger charge is -2.21. The molecule has 0 atom stereocenters. The van der Waals surface area contributed by atoms with Gasteiger partial charge in [-0.25, -0.2) is 0 Å². The van der Waals surface area contributed by atoms with E-state index in [1.165, 1.54) is 29.6 Å². The molecular weight excluding hydrogens is 338 g/mol. The molecule has 1 heterocycles. The fourth-order valence-corrected chi connectivity index (χ4v) is 3.57. The zero-order valence-electron chi connectivity index (χ0n) is 16.1. The van der Waals surface area contributed by atoms with Crippen molar-refractivity contribution in [3.63, 3.8) is 0 Å². The van der Waals surface area contributed by atoms with Crippen molar-refractivity contribution < 1.29 is 14.6 Å². The number of aliphatic carboxylic acids is 1. The van der Waals surface area contributed by atoms with E-state index in [4.69, 9.17) is 9.84 Å². The van der Waals surface area contributed by atoms with Crippen LogP contribution in [0.2, 0.25) is 0 Å². The third-order valence-corrected chi connectivity index (χ3v) is 5.11. The lowest BCUT2D eigenvalue weighted by atomic mass is 9.88. The summed E-state index contributed by atoms with van der Waals surface area (Å²) in [4.78, 5) is 15.2. The summed E-state index contributed by atoms with van der Waals surface area (Å²) in [6, 6.07) is 10.2. The van der Waals surface area contributed by atoms with Crippen molar-refractivity contribution in [3.05, 3.63) is 64.5 Å². The molecule has 4 heteroatoms. The molecule has 27 heavy (non-hydrogen) atoms. The van der Waals surface area contributed by atoms with Gasteiger partial charge in [0.1, 0.15) is 12.4 Å². The van der Waals surface area contributed by atoms with Gasteiger partial charge < -0.3 is 9.84 Å². The summed E-state index contributed by atoms with van der Waals surface area (Å²) in [5.74, 6) is 0.101. The van der Waals surface area contributed by atoms with Crippen LogP contribution >= 0.6 is 0 Å². The van der Waals surface area contributed by atoms with Gasteiger partial charge in [-0.2, -0.15) is 0 Å². The van der Waals surface area contributed by atoms with Gasteiger partial charge in [0.25, 0.3) is 0 Å². The summed E-state index contributed by atoms with van der Waals surface area (Å²) >= 11 is 0. The second-order valence-corrected chi connectivity index (χ2v) is 7.26. The SMILES string of the molecule is Cc1ccc(C2=C(COc3ccc(CCC(=O)O)cc3C)CCCC2)cn1. The van der Waals surface area contributed by atoms with Crippen LogP contribution in [0.15, 0.2) is 42.1 Å². The van der Waals surface area contributed by atoms with E-state index in [0.29, 0.717) is 13.0 Å². The summed E-state index contributed by atoms with van der Waals surface area (Å²) in [5, 5.41) is 8.83. The van der Waals surface area contributed by atoms with E-state index in [0.717, 1.165) is 35.4 Å². The first-order chi connectivity index (χ1) is 13.0. The smallest absolute Gasteiger partial charge is 0.303 e. The topological polar surface area (TPSA) is 59.4 Å². The summed E-state index contributed by atoms with van der Waals surface area (Å²) < 4.78 is 6.14. The highest BCUT2D eigenvalue weighted by atomic mass is 16.5. The predicted octanol–water partition coefficient (Wildman–Crippen LogP) is 5.12. The Morgan fingerprint density at radius 3 is 2.67 bits per heavy atom. The summed E-state index contributed by atoms with van der Waals surface area (Å²) in [6.07, 6.45) is 7.24. The number of hydrogen-bond acceptors (Lipinski definition) is 3. The summed E-state index contributed by atoms with van der Waals surface area (Å²) in [6.45, 7) is 4.62. The van der Waals surface area contributed by atoms with Crippen LogP contribution in [0.5, 0.6) is 5.75 Å². The van der Waals surface area contributed by atoms with Crippen molar-refractivity contribution in [1.82, 2.24) is 4.98 Å². The Bertz CT molecular complexity index is 837. The van der Waals surface area contributed by atoms with E-state index in [1.54, 1.807) is 0 Å². The molecule has 3 rings (SSSR count). The Morgan fingerprint density at radius 1 is 1.15 bits per heavy atom. The Kier molecular flexibility index (Phi) is 6.28. The molecule has 0 amide bonds. The first-order valence-electron chi connectivity index (χ1n) is 9.61. The van der Waals surface area contributed by atoms with Crippen molar-refractivity contribution in [2.75, 3.05) is 6.61 Å². The van der Waals surface area contributed by atoms with Crippen LogP contribution in [0.3, 0.4) is 0 Å². The zero-order chi connectivity index (χ0) is 19.2. The maximum Gasteiger partial charge on any atom is 0.303 e. The van der Waals surface area contributed by atoms with Crippen molar-refractivity contribution in [3.8, 4) is 5.75 Å². The van der Waals surface area contributed by atoms with Gasteiger partial charge in [0.05, 0.1) is 0 Å². The minimum atomic E-state index is -0.768. The molecule has 142 valence electrons. The molecule has 4 nitrogen and oxygen atoms in total. The van der Waals surface area contributed by atoms with Crippen molar-refractivity contribution in [2.45, 2.75) is 52.4 Å². The Labute approximate surface area is 160 Å². The fraction of sp³-hybridized carbons (Fsp3) is 0.391. The predicted molar refractivity (Wildman–Crippen MR) is 107 cm³/mol. The molecule has 1 aliphatic rings. The first-order valence-corrected chi connectivity index (χ1v) is 9.61. The first kappa shape index (κ1) is 19.2. The number of aromatic nitrogens is 1. The van der Waals surface area contributed by atoms with Gasteiger partial charge in [-0.1, -0.05) is 18.2 Å². The number of benzene rings is 1. The number of ether oxygens (including phenoxy) is 1. The van der Waals surface area contributed by atoms with Crippen LogP contribution in [0.1, 0.15) is 54.5 Å². The van der Waals surface area contributed by atoms with Crippen LogP contribution in [0, 0.1) is 13.8 Å². The molecule has 0 aliphatic heterocycles. The van der Waals surface area contributed by atoms with Crippen LogP contribution < -0.4 is 4.74 Å². The van der Waals surface area contributed by atoms with Gasteiger partial charge in [-0.15, -0.1) is 0 Å². The van der Waals surface area contributed by atoms with Gasteiger partial charge in [0.2, 0.25) is 0 Å². The number of carbonyl (C=O) groups is 1. The number of allylic oxidation sites excluding steroid dienone is 1.